The lowest BCUT2D eigenvalue weighted by Crippen LogP contribution is -2.37. The highest BCUT2D eigenvalue weighted by Gasteiger charge is 2.04. The van der Waals surface area contributed by atoms with Crippen molar-refractivity contribution in [2.75, 3.05) is 13.6 Å². The van der Waals surface area contributed by atoms with Gasteiger partial charge in [-0.25, -0.2) is 4.98 Å². The maximum absolute atomic E-state index is 4.49. The molecule has 130 valence electrons. The van der Waals surface area contributed by atoms with Crippen molar-refractivity contribution in [1.82, 2.24) is 20.6 Å². The molecule has 2 heterocycles. The molecule has 0 spiro atoms. The molecule has 0 saturated heterocycles. The minimum absolute atomic E-state index is 0.686. The summed E-state index contributed by atoms with van der Waals surface area (Å²) in [4.78, 5) is 14.6. The first-order valence-electron chi connectivity index (χ1n) is 8.51. The predicted octanol–water partition coefficient (Wildman–Crippen LogP) is 3.16. The number of pyridine rings is 1. The average Bonchev–Trinajstić information content (AvgIpc) is 3.12. The van der Waals surface area contributed by atoms with Gasteiger partial charge in [-0.1, -0.05) is 31.2 Å². The van der Waals surface area contributed by atoms with Crippen LogP contribution in [0.4, 0.5) is 0 Å². The molecule has 1 aromatic carbocycles. The lowest BCUT2D eigenvalue weighted by atomic mass is 10.1. The zero-order valence-corrected chi connectivity index (χ0v) is 15.4. The minimum Gasteiger partial charge on any atom is -0.356 e. The van der Waals surface area contributed by atoms with Gasteiger partial charge in [0.2, 0.25) is 0 Å². The number of hydrogen-bond acceptors (Lipinski definition) is 4. The van der Waals surface area contributed by atoms with Crippen LogP contribution in [0.2, 0.25) is 0 Å². The number of thiazole rings is 1. The van der Waals surface area contributed by atoms with E-state index in [1.807, 2.05) is 18.5 Å². The van der Waals surface area contributed by atoms with Gasteiger partial charge in [-0.2, -0.15) is 0 Å². The third kappa shape index (κ3) is 4.54. The molecule has 2 aromatic heterocycles. The van der Waals surface area contributed by atoms with Crippen molar-refractivity contribution in [2.24, 2.45) is 4.99 Å². The third-order valence-corrected chi connectivity index (χ3v) is 5.17. The molecule has 0 amide bonds. The van der Waals surface area contributed by atoms with Crippen LogP contribution in [-0.2, 0) is 19.4 Å². The van der Waals surface area contributed by atoms with Gasteiger partial charge in [-0.05, 0) is 18.1 Å². The molecule has 3 aromatic rings. The van der Waals surface area contributed by atoms with Crippen LogP contribution < -0.4 is 10.6 Å². The Bertz CT molecular complexity index is 850. The number of hydrogen-bond donors (Lipinski definition) is 2. The predicted molar refractivity (Wildman–Crippen MR) is 105 cm³/mol. The standard InChI is InChI=1S/C19H23N5S/c1-3-16-13-23-17(25-16)9-11-22-19(20-2)24-12-15-7-4-6-14-8-5-10-21-18(14)15/h4-8,10,13H,3,9,11-12H2,1-2H3,(H2,20,22,24). The summed E-state index contributed by atoms with van der Waals surface area (Å²) in [5, 5.41) is 9.03. The summed E-state index contributed by atoms with van der Waals surface area (Å²) in [7, 11) is 1.79. The first-order chi connectivity index (χ1) is 12.3. The van der Waals surface area contributed by atoms with Gasteiger partial charge in [0.05, 0.1) is 10.5 Å². The second-order valence-corrected chi connectivity index (χ2v) is 6.87. The highest BCUT2D eigenvalue weighted by atomic mass is 32.1. The molecule has 3 rings (SSSR count). The number of nitrogens with one attached hydrogen (secondary N) is 2. The third-order valence-electron chi connectivity index (χ3n) is 3.97. The van der Waals surface area contributed by atoms with Crippen molar-refractivity contribution < 1.29 is 0 Å². The molecule has 5 nitrogen and oxygen atoms in total. The van der Waals surface area contributed by atoms with Crippen LogP contribution in [0.1, 0.15) is 22.4 Å². The van der Waals surface area contributed by atoms with Gasteiger partial charge in [0, 0.05) is 49.2 Å². The molecule has 0 radical (unpaired) electrons. The van der Waals surface area contributed by atoms with Crippen molar-refractivity contribution >= 4 is 28.2 Å². The maximum Gasteiger partial charge on any atom is 0.191 e. The number of aromatic nitrogens is 2. The Morgan fingerprint density at radius 3 is 2.84 bits per heavy atom. The van der Waals surface area contributed by atoms with E-state index < -0.39 is 0 Å². The maximum atomic E-state index is 4.49. The Balaban J connectivity index is 1.53. The van der Waals surface area contributed by atoms with Crippen LogP contribution in [0.15, 0.2) is 47.7 Å². The molecule has 0 aliphatic heterocycles. The minimum atomic E-state index is 0.686. The van der Waals surface area contributed by atoms with Crippen LogP contribution in [0.5, 0.6) is 0 Å². The van der Waals surface area contributed by atoms with E-state index in [9.17, 15) is 0 Å². The summed E-state index contributed by atoms with van der Waals surface area (Å²) in [5.74, 6) is 0.792. The molecule has 0 fully saturated rings. The Kier molecular flexibility index (Phi) is 5.95. The summed E-state index contributed by atoms with van der Waals surface area (Å²) >= 11 is 1.78. The van der Waals surface area contributed by atoms with Gasteiger partial charge >= 0.3 is 0 Å². The number of guanidine groups is 1. The highest BCUT2D eigenvalue weighted by molar-refractivity contribution is 7.11. The second-order valence-electron chi connectivity index (χ2n) is 5.67. The molecule has 25 heavy (non-hydrogen) atoms. The monoisotopic (exact) mass is 353 g/mol. The van der Waals surface area contributed by atoms with Crippen LogP contribution in [0.25, 0.3) is 10.9 Å². The van der Waals surface area contributed by atoms with Gasteiger partial charge in [-0.15, -0.1) is 11.3 Å². The Morgan fingerprint density at radius 2 is 2.04 bits per heavy atom. The molecule has 0 unspecified atom stereocenters. The average molecular weight is 353 g/mol. The number of para-hydroxylation sites is 1. The molecule has 0 aliphatic carbocycles. The van der Waals surface area contributed by atoms with Crippen LogP contribution in [0, 0.1) is 0 Å². The van der Waals surface area contributed by atoms with E-state index in [1.165, 1.54) is 4.88 Å². The van der Waals surface area contributed by atoms with E-state index in [-0.39, 0.29) is 0 Å². The molecule has 6 heteroatoms. The van der Waals surface area contributed by atoms with Crippen molar-refractivity contribution in [3.05, 3.63) is 58.2 Å². The fourth-order valence-electron chi connectivity index (χ4n) is 2.62. The Morgan fingerprint density at radius 1 is 1.16 bits per heavy atom. The van der Waals surface area contributed by atoms with Gasteiger partial charge in [0.15, 0.2) is 5.96 Å². The van der Waals surface area contributed by atoms with Crippen LogP contribution in [-0.4, -0.2) is 29.5 Å². The number of fused-ring (bicyclic) bond motifs is 1. The quantitative estimate of drug-likeness (QED) is 0.528. The number of aryl methyl sites for hydroxylation is 1. The summed E-state index contributed by atoms with van der Waals surface area (Å²) in [6, 6.07) is 10.3. The first kappa shape index (κ1) is 17.4. The molecule has 2 N–H and O–H groups in total. The zero-order valence-electron chi connectivity index (χ0n) is 14.6. The smallest absolute Gasteiger partial charge is 0.191 e. The van der Waals surface area contributed by atoms with E-state index >= 15 is 0 Å². The summed E-state index contributed by atoms with van der Waals surface area (Å²) in [5.41, 5.74) is 2.19. The topological polar surface area (TPSA) is 62.2 Å². The van der Waals surface area contributed by atoms with Gasteiger partial charge in [0.1, 0.15) is 0 Å². The van der Waals surface area contributed by atoms with Gasteiger partial charge < -0.3 is 10.6 Å². The lowest BCUT2D eigenvalue weighted by Gasteiger charge is -2.12. The van der Waals surface area contributed by atoms with Crippen LogP contribution >= 0.6 is 11.3 Å². The zero-order chi connectivity index (χ0) is 17.5. The number of aliphatic imine (C=N–C) groups is 1. The van der Waals surface area contributed by atoms with Crippen LogP contribution in [0.3, 0.4) is 0 Å². The lowest BCUT2D eigenvalue weighted by molar-refractivity contribution is 0.793. The first-order valence-corrected chi connectivity index (χ1v) is 9.32. The van der Waals surface area contributed by atoms with Crippen molar-refractivity contribution in [3.63, 3.8) is 0 Å². The van der Waals surface area contributed by atoms with Crippen molar-refractivity contribution in [1.29, 1.82) is 0 Å². The molecule has 0 saturated carbocycles. The van der Waals surface area contributed by atoms with E-state index in [4.69, 9.17) is 0 Å². The van der Waals surface area contributed by atoms with Crippen molar-refractivity contribution in [3.8, 4) is 0 Å². The molecular weight excluding hydrogens is 330 g/mol. The fourth-order valence-corrected chi connectivity index (χ4v) is 3.49. The Hall–Kier alpha value is -2.47. The molecule has 0 atom stereocenters. The Labute approximate surface area is 152 Å². The van der Waals surface area contributed by atoms with E-state index in [0.717, 1.165) is 46.8 Å². The van der Waals surface area contributed by atoms with Gasteiger partial charge in [-0.3, -0.25) is 9.98 Å². The summed E-state index contributed by atoms with van der Waals surface area (Å²) in [6.07, 6.45) is 5.76. The van der Waals surface area contributed by atoms with E-state index in [2.05, 4.69) is 56.8 Å². The SMILES string of the molecule is CCc1cnc(CCNC(=NC)NCc2cccc3cccnc23)s1. The summed E-state index contributed by atoms with van der Waals surface area (Å²) in [6.45, 7) is 3.65. The highest BCUT2D eigenvalue weighted by Crippen LogP contribution is 2.15. The largest absolute Gasteiger partial charge is 0.356 e. The number of nitrogens with zero attached hydrogens (tertiary/aromatic N) is 3. The normalized spacial score (nSPS) is 11.7. The molecular formula is C19H23N5S. The van der Waals surface area contributed by atoms with E-state index in [0.29, 0.717) is 6.54 Å². The number of benzene rings is 1. The molecule has 0 aliphatic rings. The molecule has 0 bridgehead atoms. The van der Waals surface area contributed by atoms with E-state index in [1.54, 1.807) is 18.4 Å². The van der Waals surface area contributed by atoms with Gasteiger partial charge in [0.25, 0.3) is 0 Å². The fraction of sp³-hybridized carbons (Fsp3) is 0.316. The summed E-state index contributed by atoms with van der Waals surface area (Å²) < 4.78 is 0. The second kappa shape index (κ2) is 8.58. The number of rotatable bonds is 6. The van der Waals surface area contributed by atoms with Crippen molar-refractivity contribution in [2.45, 2.75) is 26.3 Å².